The predicted octanol–water partition coefficient (Wildman–Crippen LogP) is 1.79. The number of hydrogen-bond acceptors (Lipinski definition) is 2. The van der Waals surface area contributed by atoms with Gasteiger partial charge in [0.1, 0.15) is 0 Å². The summed E-state index contributed by atoms with van der Waals surface area (Å²) in [6, 6.07) is 7.22. The molecule has 4 nitrogen and oxygen atoms in total. The summed E-state index contributed by atoms with van der Waals surface area (Å²) in [6.45, 7) is 1.64. The molecular weight excluding hydrogens is 224 g/mol. The maximum absolute atomic E-state index is 10.9. The molecule has 0 saturated carbocycles. The first-order chi connectivity index (χ1) is 7.56. The standard InChI is InChI=1S/C11H14N2O2S/c1-7(10(14)15)8-5-3-4-6-9(8)13-11(16)12-2/h3-7H,1-2H3,(H,14,15)(H2,12,13,16). The van der Waals surface area contributed by atoms with Crippen LogP contribution in [0.4, 0.5) is 5.69 Å². The monoisotopic (exact) mass is 238 g/mol. The van der Waals surface area contributed by atoms with Crippen LogP contribution in [0.1, 0.15) is 18.4 Å². The lowest BCUT2D eigenvalue weighted by atomic mass is 9.99. The van der Waals surface area contributed by atoms with Gasteiger partial charge in [0.2, 0.25) is 0 Å². The van der Waals surface area contributed by atoms with E-state index < -0.39 is 11.9 Å². The zero-order chi connectivity index (χ0) is 12.1. The highest BCUT2D eigenvalue weighted by atomic mass is 32.1. The number of benzene rings is 1. The van der Waals surface area contributed by atoms with E-state index in [1.54, 1.807) is 26.1 Å². The largest absolute Gasteiger partial charge is 0.481 e. The van der Waals surface area contributed by atoms with Gasteiger partial charge in [0.15, 0.2) is 5.11 Å². The molecule has 0 aliphatic carbocycles. The molecule has 1 atom stereocenters. The molecule has 1 rings (SSSR count). The maximum Gasteiger partial charge on any atom is 0.310 e. The minimum absolute atomic E-state index is 0.463. The Labute approximate surface area is 99.7 Å². The number of para-hydroxylation sites is 1. The van der Waals surface area contributed by atoms with Gasteiger partial charge in [-0.25, -0.2) is 0 Å². The first kappa shape index (κ1) is 12.4. The third kappa shape index (κ3) is 2.93. The highest BCUT2D eigenvalue weighted by molar-refractivity contribution is 7.80. The van der Waals surface area contributed by atoms with Crippen molar-refractivity contribution in [2.45, 2.75) is 12.8 Å². The average Bonchev–Trinajstić information content (AvgIpc) is 2.28. The third-order valence-corrected chi connectivity index (χ3v) is 2.58. The average molecular weight is 238 g/mol. The Morgan fingerprint density at radius 3 is 2.62 bits per heavy atom. The van der Waals surface area contributed by atoms with E-state index in [2.05, 4.69) is 10.6 Å². The van der Waals surface area contributed by atoms with Gasteiger partial charge in [-0.15, -0.1) is 0 Å². The van der Waals surface area contributed by atoms with E-state index >= 15 is 0 Å². The molecule has 1 unspecified atom stereocenters. The highest BCUT2D eigenvalue weighted by Crippen LogP contribution is 2.24. The van der Waals surface area contributed by atoms with Crippen LogP contribution in [-0.2, 0) is 4.79 Å². The molecule has 1 aromatic carbocycles. The molecule has 86 valence electrons. The summed E-state index contributed by atoms with van der Waals surface area (Å²) < 4.78 is 0. The van der Waals surface area contributed by atoms with Crippen LogP contribution in [0.3, 0.4) is 0 Å². The summed E-state index contributed by atoms with van der Waals surface area (Å²) in [5, 5.41) is 15.2. The van der Waals surface area contributed by atoms with Crippen LogP contribution in [0.5, 0.6) is 0 Å². The molecule has 0 fully saturated rings. The Morgan fingerprint density at radius 2 is 2.06 bits per heavy atom. The summed E-state index contributed by atoms with van der Waals surface area (Å²) in [7, 11) is 1.71. The lowest BCUT2D eigenvalue weighted by Gasteiger charge is -2.14. The van der Waals surface area contributed by atoms with Gasteiger partial charge in [0.25, 0.3) is 0 Å². The normalized spacial score (nSPS) is 11.6. The fourth-order valence-corrected chi connectivity index (χ4v) is 1.42. The van der Waals surface area contributed by atoms with Crippen molar-refractivity contribution in [3.8, 4) is 0 Å². The Hall–Kier alpha value is -1.62. The number of hydrogen-bond donors (Lipinski definition) is 3. The predicted molar refractivity (Wildman–Crippen MR) is 67.8 cm³/mol. The van der Waals surface area contributed by atoms with Crippen molar-refractivity contribution in [1.29, 1.82) is 0 Å². The first-order valence-electron chi connectivity index (χ1n) is 4.86. The van der Waals surface area contributed by atoms with Crippen LogP contribution in [0.15, 0.2) is 24.3 Å². The van der Waals surface area contributed by atoms with Crippen LogP contribution in [-0.4, -0.2) is 23.2 Å². The number of carboxylic acids is 1. The van der Waals surface area contributed by atoms with Crippen molar-refractivity contribution >= 4 is 29.0 Å². The Balaban J connectivity index is 3.00. The summed E-state index contributed by atoms with van der Waals surface area (Å²) >= 11 is 4.98. The summed E-state index contributed by atoms with van der Waals surface area (Å²) in [5.74, 6) is -1.42. The quantitative estimate of drug-likeness (QED) is 0.701. The molecule has 0 aliphatic rings. The molecule has 0 spiro atoms. The van der Waals surface area contributed by atoms with Gasteiger partial charge in [-0.3, -0.25) is 4.79 Å². The minimum Gasteiger partial charge on any atom is -0.481 e. The number of rotatable bonds is 3. The fraction of sp³-hybridized carbons (Fsp3) is 0.273. The van der Waals surface area contributed by atoms with Crippen molar-refractivity contribution in [1.82, 2.24) is 5.32 Å². The van der Waals surface area contributed by atoms with E-state index in [1.807, 2.05) is 12.1 Å². The fourth-order valence-electron chi connectivity index (χ4n) is 1.31. The number of carbonyl (C=O) groups is 1. The smallest absolute Gasteiger partial charge is 0.310 e. The molecule has 0 aromatic heterocycles. The van der Waals surface area contributed by atoms with Crippen LogP contribution in [0.25, 0.3) is 0 Å². The summed E-state index contributed by atoms with van der Waals surface area (Å²) in [6.07, 6.45) is 0. The maximum atomic E-state index is 10.9. The van der Waals surface area contributed by atoms with Gasteiger partial charge in [-0.1, -0.05) is 18.2 Å². The van der Waals surface area contributed by atoms with Crippen molar-refractivity contribution in [2.24, 2.45) is 0 Å². The number of nitrogens with one attached hydrogen (secondary N) is 2. The summed E-state index contributed by atoms with van der Waals surface area (Å²) in [4.78, 5) is 10.9. The van der Waals surface area contributed by atoms with Crippen molar-refractivity contribution < 1.29 is 9.90 Å². The van der Waals surface area contributed by atoms with Crippen molar-refractivity contribution in [3.05, 3.63) is 29.8 Å². The zero-order valence-corrected chi connectivity index (χ0v) is 9.97. The summed E-state index contributed by atoms with van der Waals surface area (Å²) in [5.41, 5.74) is 1.43. The topological polar surface area (TPSA) is 61.4 Å². The molecule has 0 amide bonds. The van der Waals surface area contributed by atoms with Crippen LogP contribution in [0.2, 0.25) is 0 Å². The van der Waals surface area contributed by atoms with Gasteiger partial charge in [-0.05, 0) is 30.8 Å². The van der Waals surface area contributed by atoms with Crippen molar-refractivity contribution in [3.63, 3.8) is 0 Å². The molecule has 0 aliphatic heterocycles. The highest BCUT2D eigenvalue weighted by Gasteiger charge is 2.17. The molecule has 0 heterocycles. The first-order valence-corrected chi connectivity index (χ1v) is 5.27. The van der Waals surface area contributed by atoms with Crippen LogP contribution >= 0.6 is 12.2 Å². The third-order valence-electron chi connectivity index (χ3n) is 2.27. The van der Waals surface area contributed by atoms with E-state index in [4.69, 9.17) is 17.3 Å². The van der Waals surface area contributed by atoms with Gasteiger partial charge < -0.3 is 15.7 Å². The molecule has 5 heteroatoms. The van der Waals surface area contributed by atoms with E-state index in [1.165, 1.54) is 0 Å². The van der Waals surface area contributed by atoms with E-state index in [0.717, 1.165) is 5.69 Å². The Kier molecular flexibility index (Phi) is 4.25. The van der Waals surface area contributed by atoms with Gasteiger partial charge in [-0.2, -0.15) is 0 Å². The number of carboxylic acid groups (broad SMARTS) is 1. The molecule has 0 bridgehead atoms. The van der Waals surface area contributed by atoms with Gasteiger partial charge in [0.05, 0.1) is 5.92 Å². The van der Waals surface area contributed by atoms with Crippen LogP contribution < -0.4 is 10.6 Å². The van der Waals surface area contributed by atoms with Gasteiger partial charge in [0, 0.05) is 12.7 Å². The number of thiocarbonyl (C=S) groups is 1. The molecule has 0 radical (unpaired) electrons. The second kappa shape index (κ2) is 5.46. The molecule has 0 saturated heterocycles. The minimum atomic E-state index is -0.857. The molecule has 3 N–H and O–H groups in total. The second-order valence-electron chi connectivity index (χ2n) is 3.35. The van der Waals surface area contributed by atoms with E-state index in [-0.39, 0.29) is 0 Å². The lowest BCUT2D eigenvalue weighted by Crippen LogP contribution is -2.25. The second-order valence-corrected chi connectivity index (χ2v) is 3.76. The molecular formula is C11H14N2O2S. The zero-order valence-electron chi connectivity index (χ0n) is 9.15. The Morgan fingerprint density at radius 1 is 1.44 bits per heavy atom. The van der Waals surface area contributed by atoms with Crippen LogP contribution in [0, 0.1) is 0 Å². The Bertz CT molecular complexity index is 407. The SMILES string of the molecule is CNC(=S)Nc1ccccc1C(C)C(=O)O. The van der Waals surface area contributed by atoms with E-state index in [0.29, 0.717) is 10.7 Å². The van der Waals surface area contributed by atoms with Crippen molar-refractivity contribution in [2.75, 3.05) is 12.4 Å². The number of aliphatic carboxylic acids is 1. The number of anilines is 1. The lowest BCUT2D eigenvalue weighted by molar-refractivity contribution is -0.138. The molecule has 16 heavy (non-hydrogen) atoms. The van der Waals surface area contributed by atoms with Gasteiger partial charge >= 0.3 is 5.97 Å². The molecule has 1 aromatic rings. The van der Waals surface area contributed by atoms with E-state index in [9.17, 15) is 4.79 Å².